The van der Waals surface area contributed by atoms with Crippen molar-refractivity contribution in [1.29, 1.82) is 0 Å². The van der Waals surface area contributed by atoms with Gasteiger partial charge in [0.1, 0.15) is 5.82 Å². The minimum Gasteiger partial charge on any atom is -0.369 e. The topological polar surface area (TPSA) is 96.2 Å². The monoisotopic (exact) mass is 468 g/mol. The van der Waals surface area contributed by atoms with Crippen LogP contribution in [0, 0.1) is 12.7 Å². The summed E-state index contributed by atoms with van der Waals surface area (Å²) in [6.45, 7) is 10.4. The van der Waals surface area contributed by atoms with Gasteiger partial charge in [0.25, 0.3) is 10.2 Å². The van der Waals surface area contributed by atoms with Gasteiger partial charge in [0.15, 0.2) is 0 Å². The summed E-state index contributed by atoms with van der Waals surface area (Å²) < 4.78 is 45.1. The van der Waals surface area contributed by atoms with Crippen molar-refractivity contribution in [2.24, 2.45) is 5.14 Å². The lowest BCUT2D eigenvalue weighted by Crippen LogP contribution is -2.54. The molecule has 2 saturated heterocycles. The van der Waals surface area contributed by atoms with Crippen LogP contribution in [0.5, 0.6) is 0 Å². The maximum atomic E-state index is 14.3. The molecule has 0 aliphatic carbocycles. The van der Waals surface area contributed by atoms with Gasteiger partial charge in [-0.1, -0.05) is 18.7 Å². The molecule has 2 heterocycles. The molecule has 0 radical (unpaired) electrons. The molecule has 2 aliphatic heterocycles. The third kappa shape index (κ3) is 6.14. The van der Waals surface area contributed by atoms with Crippen LogP contribution in [0.1, 0.15) is 37.0 Å². The highest BCUT2D eigenvalue weighted by atomic mass is 32.2. The molecule has 8 nitrogen and oxygen atoms in total. The highest BCUT2D eigenvalue weighted by molar-refractivity contribution is 7.86. The van der Waals surface area contributed by atoms with Crippen molar-refractivity contribution in [3.8, 4) is 0 Å². The Bertz CT molecular complexity index is 934. The van der Waals surface area contributed by atoms with E-state index < -0.39 is 10.2 Å². The van der Waals surface area contributed by atoms with Crippen molar-refractivity contribution in [2.75, 3.05) is 39.3 Å². The summed E-state index contributed by atoms with van der Waals surface area (Å²) in [6, 6.07) is 5.17. The lowest BCUT2D eigenvalue weighted by molar-refractivity contribution is -0.131. The maximum absolute atomic E-state index is 14.3. The van der Waals surface area contributed by atoms with Gasteiger partial charge in [0, 0.05) is 45.3 Å². The van der Waals surface area contributed by atoms with Gasteiger partial charge in [-0.25, -0.2) is 9.53 Å². The van der Waals surface area contributed by atoms with Crippen molar-refractivity contribution >= 4 is 16.1 Å². The number of piperidine rings is 1. The van der Waals surface area contributed by atoms with Crippen LogP contribution < -0.4 is 5.14 Å². The number of piperazine rings is 1. The minimum absolute atomic E-state index is 0.0302. The van der Waals surface area contributed by atoms with Crippen molar-refractivity contribution < 1.29 is 22.3 Å². The fraction of sp³-hybridized carbons (Fsp3) is 0.591. The third-order valence-electron chi connectivity index (χ3n) is 6.28. The molecule has 32 heavy (non-hydrogen) atoms. The van der Waals surface area contributed by atoms with Crippen LogP contribution >= 0.6 is 0 Å². The molecular weight excluding hydrogens is 435 g/mol. The van der Waals surface area contributed by atoms with Crippen molar-refractivity contribution in [3.05, 3.63) is 47.8 Å². The average Bonchev–Trinajstić information content (AvgIpc) is 2.74. The Kier molecular flexibility index (Phi) is 8.05. The van der Waals surface area contributed by atoms with E-state index in [4.69, 9.17) is 9.88 Å². The summed E-state index contributed by atoms with van der Waals surface area (Å²) in [4.78, 5) is 16.0. The number of carbonyl (C=O) groups excluding carboxylic acids is 1. The van der Waals surface area contributed by atoms with E-state index >= 15 is 0 Å². The van der Waals surface area contributed by atoms with Gasteiger partial charge in [-0.15, -0.1) is 0 Å². The molecular formula is C22H33FN4O4S. The molecule has 2 fully saturated rings. The molecule has 1 aromatic carbocycles. The predicted octanol–water partition coefficient (Wildman–Crippen LogP) is 1.58. The number of hydrogen-bond donors (Lipinski definition) is 1. The summed E-state index contributed by atoms with van der Waals surface area (Å²) in [6.07, 6.45) is 1.87. The minimum atomic E-state index is -3.70. The SMILES string of the molecule is C=CC(=O)N1CCN(CC(OC2CCN(S(N)(=O)=O)CC2)c2ccc(C)c(F)c2)C[C@H]1C. The number of aryl methyl sites for hydroxylation is 1. The lowest BCUT2D eigenvalue weighted by atomic mass is 10.0. The van der Waals surface area contributed by atoms with Crippen LogP contribution in [0.2, 0.25) is 0 Å². The molecule has 0 saturated carbocycles. The van der Waals surface area contributed by atoms with Crippen LogP contribution in [0.15, 0.2) is 30.9 Å². The quantitative estimate of drug-likeness (QED) is 0.613. The van der Waals surface area contributed by atoms with E-state index in [0.717, 1.165) is 5.56 Å². The van der Waals surface area contributed by atoms with Crippen LogP contribution in [0.4, 0.5) is 4.39 Å². The van der Waals surface area contributed by atoms with Crippen molar-refractivity contribution in [3.63, 3.8) is 0 Å². The van der Waals surface area contributed by atoms with Crippen LogP contribution in [-0.4, -0.2) is 79.8 Å². The molecule has 178 valence electrons. The summed E-state index contributed by atoms with van der Waals surface area (Å²) in [5.74, 6) is -0.359. The van der Waals surface area contributed by atoms with Crippen molar-refractivity contribution in [2.45, 2.75) is 44.9 Å². The molecule has 2 atom stereocenters. The number of nitrogens with zero attached hydrogens (tertiary/aromatic N) is 3. The van der Waals surface area contributed by atoms with E-state index in [9.17, 15) is 17.6 Å². The first-order valence-corrected chi connectivity index (χ1v) is 12.4. The fourth-order valence-electron chi connectivity index (χ4n) is 4.37. The summed E-state index contributed by atoms with van der Waals surface area (Å²) in [7, 11) is -3.70. The van der Waals surface area contributed by atoms with E-state index in [1.165, 1.54) is 16.4 Å². The number of halogens is 1. The number of benzene rings is 1. The Morgan fingerprint density at radius 2 is 2.00 bits per heavy atom. The van der Waals surface area contributed by atoms with Gasteiger partial charge in [0.2, 0.25) is 5.91 Å². The molecule has 2 N–H and O–H groups in total. The molecule has 10 heteroatoms. The zero-order chi connectivity index (χ0) is 23.5. The second-order valence-corrected chi connectivity index (χ2v) is 10.2. The van der Waals surface area contributed by atoms with Gasteiger partial charge in [-0.2, -0.15) is 12.7 Å². The standard InChI is InChI=1S/C22H33FN4O4S/c1-4-22(28)27-12-11-25(14-17(27)3)15-21(18-6-5-16(2)20(23)13-18)31-19-7-9-26(10-8-19)32(24,29)30/h4-6,13,17,19,21H,1,7-12,14-15H2,2-3H3,(H2,24,29,30)/t17-,21?/m1/s1. The van der Waals surface area contributed by atoms with Crippen LogP contribution in [0.3, 0.4) is 0 Å². The van der Waals surface area contributed by atoms with E-state index in [0.29, 0.717) is 57.7 Å². The molecule has 0 bridgehead atoms. The molecule has 0 aromatic heterocycles. The van der Waals surface area contributed by atoms with Gasteiger partial charge in [-0.3, -0.25) is 9.69 Å². The summed E-state index contributed by atoms with van der Waals surface area (Å²) in [5.41, 5.74) is 1.32. The second-order valence-electron chi connectivity index (χ2n) is 8.62. The number of carbonyl (C=O) groups is 1. The molecule has 3 rings (SSSR count). The maximum Gasteiger partial charge on any atom is 0.276 e. The first-order chi connectivity index (χ1) is 15.1. The molecule has 0 spiro atoms. The van der Waals surface area contributed by atoms with E-state index in [1.54, 1.807) is 17.9 Å². The highest BCUT2D eigenvalue weighted by Crippen LogP contribution is 2.27. The Morgan fingerprint density at radius 3 is 2.56 bits per heavy atom. The van der Waals surface area contributed by atoms with Crippen LogP contribution in [0.25, 0.3) is 0 Å². The number of rotatable bonds is 7. The first kappa shape index (κ1) is 24.8. The van der Waals surface area contributed by atoms with Crippen LogP contribution in [-0.2, 0) is 19.7 Å². The van der Waals surface area contributed by atoms with Gasteiger partial charge in [0.05, 0.1) is 12.2 Å². The van der Waals surface area contributed by atoms with Gasteiger partial charge in [-0.05, 0) is 50.0 Å². The van der Waals surface area contributed by atoms with Crippen molar-refractivity contribution in [1.82, 2.24) is 14.1 Å². The Balaban J connectivity index is 1.70. The second kappa shape index (κ2) is 10.4. The zero-order valence-corrected chi connectivity index (χ0v) is 19.6. The normalized spacial score (nSPS) is 22.6. The number of hydrogen-bond acceptors (Lipinski definition) is 5. The zero-order valence-electron chi connectivity index (χ0n) is 18.7. The van der Waals surface area contributed by atoms with Gasteiger partial charge < -0.3 is 9.64 Å². The van der Waals surface area contributed by atoms with Gasteiger partial charge >= 0.3 is 0 Å². The smallest absolute Gasteiger partial charge is 0.276 e. The highest BCUT2D eigenvalue weighted by Gasteiger charge is 2.31. The third-order valence-corrected chi connectivity index (χ3v) is 7.36. The molecule has 1 aromatic rings. The largest absolute Gasteiger partial charge is 0.369 e. The Morgan fingerprint density at radius 1 is 1.31 bits per heavy atom. The number of amides is 1. The first-order valence-electron chi connectivity index (χ1n) is 10.9. The average molecular weight is 469 g/mol. The van der Waals surface area contributed by atoms with E-state index in [1.807, 2.05) is 13.0 Å². The van der Waals surface area contributed by atoms with E-state index in [-0.39, 0.29) is 30.0 Å². The molecule has 1 unspecified atom stereocenters. The lowest BCUT2D eigenvalue weighted by Gasteiger charge is -2.41. The summed E-state index contributed by atoms with van der Waals surface area (Å²) in [5, 5.41) is 5.23. The summed E-state index contributed by atoms with van der Waals surface area (Å²) >= 11 is 0. The Hall–Kier alpha value is -1.85. The molecule has 1 amide bonds. The fourth-order valence-corrected chi connectivity index (χ4v) is 5.09. The molecule has 2 aliphatic rings. The predicted molar refractivity (Wildman–Crippen MR) is 120 cm³/mol. The number of ether oxygens (including phenoxy) is 1. The number of nitrogens with two attached hydrogens (primary N) is 1. The Labute approximate surface area is 190 Å². The van der Waals surface area contributed by atoms with E-state index in [2.05, 4.69) is 11.5 Å².